The Hall–Kier alpha value is -1.42. The third-order valence-electron chi connectivity index (χ3n) is 1.95. The van der Waals surface area contributed by atoms with Gasteiger partial charge in [-0.25, -0.2) is 9.97 Å². The Labute approximate surface area is 96.7 Å². The molecule has 0 aliphatic heterocycles. The third kappa shape index (κ3) is 2.53. The molecule has 0 spiro atoms. The first kappa shape index (κ1) is 10.1. The maximum absolute atomic E-state index is 4.13. The van der Waals surface area contributed by atoms with Crippen LogP contribution < -0.4 is 5.32 Å². The van der Waals surface area contributed by atoms with Crippen LogP contribution in [0.5, 0.6) is 0 Å². The fourth-order valence-corrected chi connectivity index (χ4v) is 1.58. The van der Waals surface area contributed by atoms with E-state index in [1.54, 1.807) is 6.20 Å². The van der Waals surface area contributed by atoms with Gasteiger partial charge in [0.15, 0.2) is 0 Å². The molecule has 0 saturated heterocycles. The van der Waals surface area contributed by atoms with E-state index < -0.39 is 0 Å². The number of benzene rings is 1. The molecule has 0 bridgehead atoms. The first-order valence-electron chi connectivity index (χ1n) is 4.55. The number of halogens is 1. The molecule has 0 saturated carbocycles. The maximum atomic E-state index is 4.13. The number of aryl methyl sites for hydroxylation is 1. The van der Waals surface area contributed by atoms with Crippen molar-refractivity contribution in [2.75, 3.05) is 5.32 Å². The quantitative estimate of drug-likeness (QED) is 0.904. The van der Waals surface area contributed by atoms with E-state index >= 15 is 0 Å². The van der Waals surface area contributed by atoms with Crippen molar-refractivity contribution in [3.05, 3.63) is 46.8 Å². The normalized spacial score (nSPS) is 10.0. The SMILES string of the molecule is Cc1cccc(Nc2ncncc2Br)c1. The lowest BCUT2D eigenvalue weighted by molar-refractivity contribution is 1.15. The van der Waals surface area contributed by atoms with Crippen LogP contribution in [0.1, 0.15) is 5.56 Å². The summed E-state index contributed by atoms with van der Waals surface area (Å²) in [5.41, 5.74) is 2.24. The first-order valence-corrected chi connectivity index (χ1v) is 5.34. The van der Waals surface area contributed by atoms with E-state index in [1.165, 1.54) is 11.9 Å². The van der Waals surface area contributed by atoms with Gasteiger partial charge in [-0.05, 0) is 40.5 Å². The van der Waals surface area contributed by atoms with Crippen molar-refractivity contribution in [2.24, 2.45) is 0 Å². The van der Waals surface area contributed by atoms with Crippen molar-refractivity contribution in [3.8, 4) is 0 Å². The summed E-state index contributed by atoms with van der Waals surface area (Å²) in [6, 6.07) is 8.13. The van der Waals surface area contributed by atoms with E-state index in [9.17, 15) is 0 Å². The molecule has 1 aromatic heterocycles. The lowest BCUT2D eigenvalue weighted by Gasteiger charge is -2.06. The van der Waals surface area contributed by atoms with Gasteiger partial charge in [0, 0.05) is 11.9 Å². The Kier molecular flexibility index (Phi) is 2.97. The highest BCUT2D eigenvalue weighted by Gasteiger charge is 2.00. The van der Waals surface area contributed by atoms with Crippen LogP contribution in [-0.4, -0.2) is 9.97 Å². The van der Waals surface area contributed by atoms with Crippen LogP contribution in [0.15, 0.2) is 41.3 Å². The van der Waals surface area contributed by atoms with E-state index in [2.05, 4.69) is 50.3 Å². The molecule has 3 nitrogen and oxygen atoms in total. The van der Waals surface area contributed by atoms with E-state index in [1.807, 2.05) is 12.1 Å². The largest absolute Gasteiger partial charge is 0.339 e. The molecular formula is C11H10BrN3. The van der Waals surface area contributed by atoms with Gasteiger partial charge in [-0.1, -0.05) is 12.1 Å². The number of aromatic nitrogens is 2. The summed E-state index contributed by atoms with van der Waals surface area (Å²) < 4.78 is 0.853. The highest BCUT2D eigenvalue weighted by molar-refractivity contribution is 9.10. The summed E-state index contributed by atoms with van der Waals surface area (Å²) in [6.07, 6.45) is 3.23. The molecule has 0 aliphatic carbocycles. The number of nitrogens with zero attached hydrogens (tertiary/aromatic N) is 2. The molecule has 76 valence electrons. The van der Waals surface area contributed by atoms with Crippen LogP contribution in [0.3, 0.4) is 0 Å². The summed E-state index contributed by atoms with van der Waals surface area (Å²) >= 11 is 3.38. The van der Waals surface area contributed by atoms with E-state index in [0.717, 1.165) is 16.0 Å². The Bertz CT molecular complexity index is 471. The second-order valence-corrected chi connectivity index (χ2v) is 4.07. The fourth-order valence-electron chi connectivity index (χ4n) is 1.26. The lowest BCUT2D eigenvalue weighted by Crippen LogP contribution is -1.95. The van der Waals surface area contributed by atoms with Gasteiger partial charge in [0.1, 0.15) is 12.1 Å². The number of hydrogen-bond donors (Lipinski definition) is 1. The average Bonchev–Trinajstić information content (AvgIpc) is 2.22. The van der Waals surface area contributed by atoms with Gasteiger partial charge in [-0.15, -0.1) is 0 Å². The Morgan fingerprint density at radius 3 is 2.93 bits per heavy atom. The van der Waals surface area contributed by atoms with Crippen LogP contribution in [0.4, 0.5) is 11.5 Å². The Morgan fingerprint density at radius 1 is 1.33 bits per heavy atom. The molecule has 0 aliphatic rings. The summed E-state index contributed by atoms with van der Waals surface area (Å²) in [7, 11) is 0. The zero-order chi connectivity index (χ0) is 10.7. The fraction of sp³-hybridized carbons (Fsp3) is 0.0909. The zero-order valence-corrected chi connectivity index (χ0v) is 9.82. The standard InChI is InChI=1S/C11H10BrN3/c1-8-3-2-4-9(5-8)15-11-10(12)6-13-7-14-11/h2-7H,1H3,(H,13,14,15). The highest BCUT2D eigenvalue weighted by Crippen LogP contribution is 2.22. The van der Waals surface area contributed by atoms with E-state index in [-0.39, 0.29) is 0 Å². The van der Waals surface area contributed by atoms with Crippen LogP contribution in [0, 0.1) is 6.92 Å². The van der Waals surface area contributed by atoms with Gasteiger partial charge >= 0.3 is 0 Å². The monoisotopic (exact) mass is 263 g/mol. The molecule has 2 aromatic rings. The molecule has 0 amide bonds. The van der Waals surface area contributed by atoms with Gasteiger partial charge in [0.25, 0.3) is 0 Å². The van der Waals surface area contributed by atoms with Crippen LogP contribution >= 0.6 is 15.9 Å². The van der Waals surface area contributed by atoms with Crippen LogP contribution in [-0.2, 0) is 0 Å². The second kappa shape index (κ2) is 4.40. The van der Waals surface area contributed by atoms with Gasteiger partial charge in [0.05, 0.1) is 4.47 Å². The molecule has 15 heavy (non-hydrogen) atoms. The van der Waals surface area contributed by atoms with Crippen molar-refractivity contribution in [1.82, 2.24) is 9.97 Å². The molecule has 2 rings (SSSR count). The molecule has 1 heterocycles. The predicted octanol–water partition coefficient (Wildman–Crippen LogP) is 3.29. The van der Waals surface area contributed by atoms with Crippen molar-refractivity contribution in [3.63, 3.8) is 0 Å². The minimum Gasteiger partial charge on any atom is -0.339 e. The summed E-state index contributed by atoms with van der Waals surface area (Å²) in [5.74, 6) is 0.774. The molecule has 0 radical (unpaired) electrons. The number of hydrogen-bond acceptors (Lipinski definition) is 3. The van der Waals surface area contributed by atoms with Gasteiger partial charge < -0.3 is 5.32 Å². The van der Waals surface area contributed by atoms with E-state index in [0.29, 0.717) is 0 Å². The molecule has 0 atom stereocenters. The third-order valence-corrected chi connectivity index (χ3v) is 2.53. The average molecular weight is 264 g/mol. The van der Waals surface area contributed by atoms with Crippen molar-refractivity contribution in [2.45, 2.75) is 6.92 Å². The Balaban J connectivity index is 2.26. The summed E-state index contributed by atoms with van der Waals surface area (Å²) in [5, 5.41) is 3.22. The van der Waals surface area contributed by atoms with Crippen molar-refractivity contribution in [1.29, 1.82) is 0 Å². The lowest BCUT2D eigenvalue weighted by atomic mass is 10.2. The summed E-state index contributed by atoms with van der Waals surface area (Å²) in [6.45, 7) is 2.06. The number of anilines is 2. The van der Waals surface area contributed by atoms with Crippen molar-refractivity contribution >= 4 is 27.4 Å². The van der Waals surface area contributed by atoms with E-state index in [4.69, 9.17) is 0 Å². The molecule has 0 unspecified atom stereocenters. The van der Waals surface area contributed by atoms with Crippen LogP contribution in [0.25, 0.3) is 0 Å². The maximum Gasteiger partial charge on any atom is 0.148 e. The zero-order valence-electron chi connectivity index (χ0n) is 8.24. The first-order chi connectivity index (χ1) is 7.25. The topological polar surface area (TPSA) is 37.8 Å². The smallest absolute Gasteiger partial charge is 0.148 e. The predicted molar refractivity (Wildman–Crippen MR) is 64.2 cm³/mol. The second-order valence-electron chi connectivity index (χ2n) is 3.21. The minimum atomic E-state index is 0.774. The molecular weight excluding hydrogens is 254 g/mol. The number of nitrogens with one attached hydrogen (secondary N) is 1. The van der Waals surface area contributed by atoms with Gasteiger partial charge in [0.2, 0.25) is 0 Å². The molecule has 1 aromatic carbocycles. The van der Waals surface area contributed by atoms with Gasteiger partial charge in [-0.3, -0.25) is 0 Å². The minimum absolute atomic E-state index is 0.774. The van der Waals surface area contributed by atoms with Gasteiger partial charge in [-0.2, -0.15) is 0 Å². The molecule has 1 N–H and O–H groups in total. The van der Waals surface area contributed by atoms with Crippen LogP contribution in [0.2, 0.25) is 0 Å². The number of rotatable bonds is 2. The highest BCUT2D eigenvalue weighted by atomic mass is 79.9. The molecule has 4 heteroatoms. The Morgan fingerprint density at radius 2 is 2.20 bits per heavy atom. The van der Waals surface area contributed by atoms with Crippen molar-refractivity contribution < 1.29 is 0 Å². The summed E-state index contributed by atoms with van der Waals surface area (Å²) in [4.78, 5) is 8.04. The molecule has 0 fully saturated rings.